The molecule has 0 bridgehead atoms. The van der Waals surface area contributed by atoms with E-state index in [1.165, 1.54) is 11.3 Å². The molecule has 1 saturated heterocycles. The molecule has 1 aliphatic heterocycles. The second-order valence-corrected chi connectivity index (χ2v) is 7.00. The number of nitrogens with zero attached hydrogens (tertiary/aromatic N) is 1. The van der Waals surface area contributed by atoms with Crippen molar-refractivity contribution in [2.24, 2.45) is 11.8 Å². The third-order valence-electron chi connectivity index (χ3n) is 4.08. The van der Waals surface area contributed by atoms with Crippen molar-refractivity contribution in [3.05, 3.63) is 21.3 Å². The number of fused-ring (bicyclic) bond motifs is 1. The first-order chi connectivity index (χ1) is 9.58. The quantitative estimate of drug-likeness (QED) is 0.637. The summed E-state index contributed by atoms with van der Waals surface area (Å²) < 4.78 is 0.529. The summed E-state index contributed by atoms with van der Waals surface area (Å²) >= 11 is 6.97. The number of amides is 2. The van der Waals surface area contributed by atoms with Gasteiger partial charge in [0.1, 0.15) is 0 Å². The molecule has 6 heteroatoms. The molecule has 2 aliphatic rings. The van der Waals surface area contributed by atoms with Crippen LogP contribution < -0.4 is 0 Å². The lowest BCUT2D eigenvalue weighted by Crippen LogP contribution is -2.35. The number of thiophene rings is 1. The third kappa shape index (κ3) is 2.29. The fraction of sp³-hybridized carbons (Fsp3) is 0.500. The summed E-state index contributed by atoms with van der Waals surface area (Å²) in [6.45, 7) is -0.151. The van der Waals surface area contributed by atoms with Crippen molar-refractivity contribution in [3.8, 4) is 0 Å². The summed E-state index contributed by atoms with van der Waals surface area (Å²) in [4.78, 5) is 38.3. The fourth-order valence-corrected chi connectivity index (χ4v) is 4.05. The molecule has 0 aromatic carbocycles. The molecule has 106 valence electrons. The van der Waals surface area contributed by atoms with Crippen molar-refractivity contribution in [2.75, 3.05) is 6.54 Å². The molecule has 4 nitrogen and oxygen atoms in total. The number of carbonyl (C=O) groups excluding carboxylic acids is 3. The van der Waals surface area contributed by atoms with Crippen molar-refractivity contribution >= 4 is 40.5 Å². The molecule has 0 unspecified atom stereocenters. The normalized spacial score (nSPS) is 25.9. The summed E-state index contributed by atoms with van der Waals surface area (Å²) in [5.74, 6) is -0.958. The van der Waals surface area contributed by atoms with Gasteiger partial charge in [-0.1, -0.05) is 24.4 Å². The van der Waals surface area contributed by atoms with Gasteiger partial charge in [-0.3, -0.25) is 19.3 Å². The van der Waals surface area contributed by atoms with Crippen LogP contribution in [0, 0.1) is 11.8 Å². The van der Waals surface area contributed by atoms with Gasteiger partial charge in [-0.2, -0.15) is 0 Å². The largest absolute Gasteiger partial charge is 0.291 e. The van der Waals surface area contributed by atoms with Gasteiger partial charge in [0.25, 0.3) is 0 Å². The van der Waals surface area contributed by atoms with Crippen molar-refractivity contribution in [1.82, 2.24) is 4.90 Å². The van der Waals surface area contributed by atoms with Gasteiger partial charge >= 0.3 is 0 Å². The van der Waals surface area contributed by atoms with Crippen molar-refractivity contribution in [2.45, 2.75) is 25.7 Å². The first kappa shape index (κ1) is 13.8. The Balaban J connectivity index is 1.75. The smallest absolute Gasteiger partial charge is 0.233 e. The summed E-state index contributed by atoms with van der Waals surface area (Å²) in [7, 11) is 0. The minimum Gasteiger partial charge on any atom is -0.291 e. The maximum absolute atomic E-state index is 12.3. The van der Waals surface area contributed by atoms with Crippen LogP contribution in [0.5, 0.6) is 0 Å². The molecule has 2 fully saturated rings. The molecule has 1 aromatic heterocycles. The lowest BCUT2D eigenvalue weighted by Gasteiger charge is -2.19. The molecular weight excluding hydrogens is 298 g/mol. The standard InChI is InChI=1S/C14H14ClNO3S/c15-12-6-5-11(20-12)10(17)7-16-13(18)8-3-1-2-4-9(8)14(16)19/h5-6,8-9H,1-4,7H2/t8-,9-/m1/s1. The zero-order valence-corrected chi connectivity index (χ0v) is 12.4. The highest BCUT2D eigenvalue weighted by molar-refractivity contribution is 7.18. The Hall–Kier alpha value is -1.20. The summed E-state index contributed by atoms with van der Waals surface area (Å²) in [6.07, 6.45) is 3.51. The highest BCUT2D eigenvalue weighted by Gasteiger charge is 2.48. The molecule has 20 heavy (non-hydrogen) atoms. The number of imide groups is 1. The molecule has 0 spiro atoms. The van der Waals surface area contributed by atoms with Crippen LogP contribution in [0.4, 0.5) is 0 Å². The van der Waals surface area contributed by atoms with Gasteiger partial charge in [0.05, 0.1) is 27.6 Å². The Kier molecular flexibility index (Phi) is 3.65. The molecular formula is C14H14ClNO3S. The van der Waals surface area contributed by atoms with E-state index >= 15 is 0 Å². The van der Waals surface area contributed by atoms with E-state index in [4.69, 9.17) is 11.6 Å². The average Bonchev–Trinajstić information content (AvgIpc) is 2.98. The van der Waals surface area contributed by atoms with Crippen LogP contribution in [0.15, 0.2) is 12.1 Å². The second-order valence-electron chi connectivity index (χ2n) is 5.29. The first-order valence-electron chi connectivity index (χ1n) is 6.71. The van der Waals surface area contributed by atoms with Gasteiger partial charge in [-0.25, -0.2) is 0 Å². The minimum absolute atomic E-state index is 0.151. The third-order valence-corrected chi connectivity index (χ3v) is 5.35. The van der Waals surface area contributed by atoms with Crippen molar-refractivity contribution in [1.29, 1.82) is 0 Å². The lowest BCUT2D eigenvalue weighted by atomic mass is 9.81. The highest BCUT2D eigenvalue weighted by atomic mass is 35.5. The van der Waals surface area contributed by atoms with E-state index in [9.17, 15) is 14.4 Å². The van der Waals surface area contributed by atoms with Gasteiger partial charge in [0, 0.05) is 0 Å². The van der Waals surface area contributed by atoms with Gasteiger partial charge in [-0.15, -0.1) is 11.3 Å². The Labute approximate surface area is 125 Å². The number of ketones is 1. The van der Waals surface area contributed by atoms with Crippen LogP contribution in [0.1, 0.15) is 35.4 Å². The molecule has 1 aliphatic carbocycles. The van der Waals surface area contributed by atoms with Crippen LogP contribution in [-0.4, -0.2) is 29.0 Å². The Morgan fingerprint density at radius 3 is 2.30 bits per heavy atom. The number of halogens is 1. The zero-order chi connectivity index (χ0) is 14.3. The second kappa shape index (κ2) is 5.30. The molecule has 2 heterocycles. The average molecular weight is 312 g/mol. The predicted octanol–water partition coefficient (Wildman–Crippen LogP) is 2.76. The van der Waals surface area contributed by atoms with Gasteiger partial charge in [0.15, 0.2) is 5.78 Å². The monoisotopic (exact) mass is 311 g/mol. The van der Waals surface area contributed by atoms with Crippen LogP contribution >= 0.6 is 22.9 Å². The maximum atomic E-state index is 12.3. The zero-order valence-electron chi connectivity index (χ0n) is 10.8. The van der Waals surface area contributed by atoms with Crippen LogP contribution in [0.2, 0.25) is 4.34 Å². The highest BCUT2D eigenvalue weighted by Crippen LogP contribution is 2.38. The molecule has 0 N–H and O–H groups in total. The van der Waals surface area contributed by atoms with E-state index in [0.29, 0.717) is 9.21 Å². The van der Waals surface area contributed by atoms with Gasteiger partial charge < -0.3 is 0 Å². The molecule has 2 amide bonds. The lowest BCUT2D eigenvalue weighted by molar-refractivity contribution is -0.139. The maximum Gasteiger partial charge on any atom is 0.233 e. The molecule has 2 atom stereocenters. The molecule has 0 radical (unpaired) electrons. The molecule has 1 saturated carbocycles. The molecule has 3 rings (SSSR count). The number of hydrogen-bond acceptors (Lipinski definition) is 4. The minimum atomic E-state index is -0.220. The van der Waals surface area contributed by atoms with Crippen molar-refractivity contribution in [3.63, 3.8) is 0 Å². The van der Waals surface area contributed by atoms with E-state index in [2.05, 4.69) is 0 Å². The fourth-order valence-electron chi connectivity index (χ4n) is 3.07. The Morgan fingerprint density at radius 2 is 1.80 bits per heavy atom. The summed E-state index contributed by atoms with van der Waals surface area (Å²) in [6, 6.07) is 3.28. The SMILES string of the molecule is O=C(CN1C(=O)[C@@H]2CCCC[C@H]2C1=O)c1ccc(Cl)s1. The van der Waals surface area contributed by atoms with E-state index in [1.807, 2.05) is 0 Å². The van der Waals surface area contributed by atoms with Crippen LogP contribution in [0.3, 0.4) is 0 Å². The van der Waals surface area contributed by atoms with E-state index in [-0.39, 0.29) is 36.0 Å². The number of rotatable bonds is 3. The van der Waals surface area contributed by atoms with Gasteiger partial charge in [0.2, 0.25) is 11.8 Å². The number of Topliss-reactive ketones (excluding diaryl/α,β-unsaturated/α-hetero) is 1. The molecule has 1 aromatic rings. The first-order valence-corrected chi connectivity index (χ1v) is 7.91. The number of hydrogen-bond donors (Lipinski definition) is 0. The Bertz CT molecular complexity index is 559. The van der Waals surface area contributed by atoms with Gasteiger partial charge in [-0.05, 0) is 25.0 Å². The predicted molar refractivity (Wildman–Crippen MR) is 75.8 cm³/mol. The summed E-state index contributed by atoms with van der Waals surface area (Å²) in [5.41, 5.74) is 0. The topological polar surface area (TPSA) is 54.5 Å². The van der Waals surface area contributed by atoms with Crippen LogP contribution in [-0.2, 0) is 9.59 Å². The van der Waals surface area contributed by atoms with E-state index in [0.717, 1.165) is 30.6 Å². The van der Waals surface area contributed by atoms with Crippen molar-refractivity contribution < 1.29 is 14.4 Å². The number of likely N-dealkylation sites (tertiary alicyclic amines) is 1. The number of carbonyl (C=O) groups is 3. The van der Waals surface area contributed by atoms with Crippen LogP contribution in [0.25, 0.3) is 0 Å². The summed E-state index contributed by atoms with van der Waals surface area (Å²) in [5, 5.41) is 0. The van der Waals surface area contributed by atoms with E-state index < -0.39 is 0 Å². The Morgan fingerprint density at radius 1 is 1.20 bits per heavy atom. The van der Waals surface area contributed by atoms with E-state index in [1.54, 1.807) is 12.1 Å².